The second-order valence-corrected chi connectivity index (χ2v) is 11.7. The van der Waals surface area contributed by atoms with Crippen LogP contribution in [0.2, 0.25) is 0 Å². The lowest BCUT2D eigenvalue weighted by Crippen LogP contribution is -2.44. The Morgan fingerprint density at radius 2 is 1.43 bits per heavy atom. The van der Waals surface area contributed by atoms with Crippen LogP contribution in [-0.4, -0.2) is 66.4 Å². The third-order valence-corrected chi connectivity index (χ3v) is 8.27. The number of alkyl halides is 3. The van der Waals surface area contributed by atoms with Crippen molar-refractivity contribution in [3.05, 3.63) is 88.8 Å². The number of nitrogens with zero attached hydrogens (tertiary/aromatic N) is 3. The molecule has 0 spiro atoms. The molecule has 5 rings (SSSR count). The third kappa shape index (κ3) is 9.35. The van der Waals surface area contributed by atoms with Crippen LogP contribution in [0.3, 0.4) is 0 Å². The smallest absolute Gasteiger partial charge is 0.416 e. The molecule has 0 aliphatic carbocycles. The van der Waals surface area contributed by atoms with Gasteiger partial charge >= 0.3 is 6.18 Å². The number of piperazine rings is 1. The highest BCUT2D eigenvalue weighted by atomic mass is 35.5. The first-order valence-electron chi connectivity index (χ1n) is 13.5. The fraction of sp³-hybridized carbons (Fsp3) is 0.290. The molecule has 1 amide bonds. The summed E-state index contributed by atoms with van der Waals surface area (Å²) in [7, 11) is 2.15. The van der Waals surface area contributed by atoms with Crippen LogP contribution in [0, 0.1) is 0 Å². The molecule has 3 aromatic rings. The molecule has 0 radical (unpaired) electrons. The van der Waals surface area contributed by atoms with E-state index in [0.29, 0.717) is 33.0 Å². The van der Waals surface area contributed by atoms with E-state index in [1.54, 1.807) is 30.3 Å². The minimum atomic E-state index is -4.40. The monoisotopic (exact) mass is 685 g/mol. The van der Waals surface area contributed by atoms with Crippen LogP contribution >= 0.6 is 48.8 Å². The first kappa shape index (κ1) is 35.7. The van der Waals surface area contributed by atoms with Gasteiger partial charge in [0, 0.05) is 32.7 Å². The maximum Gasteiger partial charge on any atom is 0.416 e. The first-order valence-corrected chi connectivity index (χ1v) is 14.7. The number of rotatable bonds is 9. The standard InChI is InChI=1S/C31H30F3N3O3S2.2ClH/c1-35-16-18-36(19-17-35)15-2-20-39-25-13-7-24(8-14-25)37-29(38)28(42-30(37)41)21-22-3-9-26(10-4-22)40-27-11-5-23(6-12-27)31(32,33)34;;/h3-14,21H,2,15-20H2,1H3;2*1H/b28-21-;;. The van der Waals surface area contributed by atoms with Crippen molar-refractivity contribution < 1.29 is 27.4 Å². The molecule has 2 fully saturated rings. The van der Waals surface area contributed by atoms with Crippen LogP contribution < -0.4 is 14.4 Å². The highest BCUT2D eigenvalue weighted by molar-refractivity contribution is 8.27. The summed E-state index contributed by atoms with van der Waals surface area (Å²) in [5.41, 5.74) is 0.695. The molecule has 6 nitrogen and oxygen atoms in total. The number of hydrogen-bond acceptors (Lipinski definition) is 7. The molecule has 44 heavy (non-hydrogen) atoms. The number of hydrogen-bond donors (Lipinski definition) is 0. The summed E-state index contributed by atoms with van der Waals surface area (Å²) in [6, 6.07) is 18.8. The van der Waals surface area contributed by atoms with Gasteiger partial charge < -0.3 is 19.3 Å². The number of thiocarbonyl (C=S) groups is 1. The normalized spacial score (nSPS) is 16.9. The molecule has 0 aromatic heterocycles. The van der Waals surface area contributed by atoms with Gasteiger partial charge in [0.15, 0.2) is 4.32 Å². The van der Waals surface area contributed by atoms with E-state index in [0.717, 1.165) is 62.6 Å². The van der Waals surface area contributed by atoms with Crippen molar-refractivity contribution in [1.82, 2.24) is 9.80 Å². The van der Waals surface area contributed by atoms with Gasteiger partial charge in [-0.2, -0.15) is 13.2 Å². The minimum Gasteiger partial charge on any atom is -0.494 e. The van der Waals surface area contributed by atoms with Crippen molar-refractivity contribution in [2.75, 3.05) is 51.3 Å². The zero-order valence-electron chi connectivity index (χ0n) is 23.8. The van der Waals surface area contributed by atoms with Crippen LogP contribution in [-0.2, 0) is 11.0 Å². The van der Waals surface area contributed by atoms with Crippen LogP contribution in [0.1, 0.15) is 17.5 Å². The number of carbonyl (C=O) groups excluding carboxylic acids is 1. The lowest BCUT2D eigenvalue weighted by atomic mass is 10.2. The number of halogens is 5. The predicted octanol–water partition coefficient (Wildman–Crippen LogP) is 7.76. The summed E-state index contributed by atoms with van der Waals surface area (Å²) in [6.45, 7) is 6.03. The Labute approximate surface area is 277 Å². The second kappa shape index (κ2) is 16.0. The average Bonchev–Trinajstić information content (AvgIpc) is 3.25. The van der Waals surface area contributed by atoms with Crippen molar-refractivity contribution in [2.24, 2.45) is 0 Å². The Bertz CT molecular complexity index is 1430. The summed E-state index contributed by atoms with van der Waals surface area (Å²) < 4.78 is 50.3. The Morgan fingerprint density at radius 3 is 2.02 bits per heavy atom. The molecule has 2 aliphatic rings. The van der Waals surface area contributed by atoms with E-state index < -0.39 is 11.7 Å². The molecule has 3 aromatic carbocycles. The van der Waals surface area contributed by atoms with Gasteiger partial charge in [-0.05, 0) is 85.8 Å². The van der Waals surface area contributed by atoms with Crippen molar-refractivity contribution in [3.8, 4) is 17.2 Å². The highest BCUT2D eigenvalue weighted by Gasteiger charge is 2.33. The van der Waals surface area contributed by atoms with Crippen molar-refractivity contribution in [2.45, 2.75) is 12.6 Å². The van der Waals surface area contributed by atoms with Crippen molar-refractivity contribution in [1.29, 1.82) is 0 Å². The quantitative estimate of drug-likeness (QED) is 0.130. The molecule has 0 N–H and O–H groups in total. The summed E-state index contributed by atoms with van der Waals surface area (Å²) >= 11 is 6.73. The first-order chi connectivity index (χ1) is 20.2. The van der Waals surface area contributed by atoms with Gasteiger partial charge in [0.2, 0.25) is 0 Å². The molecule has 0 atom stereocenters. The van der Waals surface area contributed by atoms with Gasteiger partial charge in [-0.1, -0.05) is 36.1 Å². The van der Waals surface area contributed by atoms with E-state index in [1.165, 1.54) is 28.8 Å². The highest BCUT2D eigenvalue weighted by Crippen LogP contribution is 2.37. The largest absolute Gasteiger partial charge is 0.494 e. The fourth-order valence-corrected chi connectivity index (χ4v) is 5.86. The summed E-state index contributed by atoms with van der Waals surface area (Å²) in [5, 5.41) is 0. The van der Waals surface area contributed by atoms with Crippen LogP contribution in [0.5, 0.6) is 17.2 Å². The Morgan fingerprint density at radius 1 is 0.864 bits per heavy atom. The van der Waals surface area contributed by atoms with E-state index in [2.05, 4.69) is 16.8 Å². The number of amides is 1. The van der Waals surface area contributed by atoms with Gasteiger partial charge in [-0.15, -0.1) is 24.8 Å². The number of benzene rings is 3. The molecule has 0 saturated carbocycles. The zero-order valence-corrected chi connectivity index (χ0v) is 27.1. The van der Waals surface area contributed by atoms with Crippen LogP contribution in [0.4, 0.5) is 18.9 Å². The van der Waals surface area contributed by atoms with Gasteiger partial charge in [-0.3, -0.25) is 9.69 Å². The van der Waals surface area contributed by atoms with Crippen molar-refractivity contribution in [3.63, 3.8) is 0 Å². The van der Waals surface area contributed by atoms with Crippen molar-refractivity contribution >= 4 is 70.8 Å². The Balaban J connectivity index is 0.00000264. The number of ether oxygens (including phenoxy) is 2. The number of likely N-dealkylation sites (N-methyl/N-ethyl adjacent to an activating group) is 1. The molecular formula is C31H32Cl2F3N3O3S2. The molecule has 0 bridgehead atoms. The summed E-state index contributed by atoms with van der Waals surface area (Å²) in [4.78, 5) is 20.0. The van der Waals surface area contributed by atoms with Gasteiger partial charge in [0.05, 0.1) is 22.8 Å². The fourth-order valence-electron chi connectivity index (χ4n) is 4.56. The third-order valence-electron chi connectivity index (χ3n) is 6.97. The lowest BCUT2D eigenvalue weighted by molar-refractivity contribution is -0.137. The Kier molecular flexibility index (Phi) is 12.9. The van der Waals surface area contributed by atoms with Gasteiger partial charge in [0.1, 0.15) is 17.2 Å². The van der Waals surface area contributed by atoms with E-state index in [9.17, 15) is 18.0 Å². The Hall–Kier alpha value is -2.80. The molecular weight excluding hydrogens is 654 g/mol. The van der Waals surface area contributed by atoms with E-state index >= 15 is 0 Å². The summed E-state index contributed by atoms with van der Waals surface area (Å²) in [6.07, 6.45) is -1.70. The van der Waals surface area contributed by atoms with Gasteiger partial charge in [-0.25, -0.2) is 0 Å². The predicted molar refractivity (Wildman–Crippen MR) is 179 cm³/mol. The zero-order chi connectivity index (χ0) is 29.7. The van der Waals surface area contributed by atoms with Crippen LogP contribution in [0.25, 0.3) is 6.08 Å². The molecule has 2 aliphatic heterocycles. The molecule has 13 heteroatoms. The minimum absolute atomic E-state index is 0. The SMILES string of the molecule is CN1CCN(CCCOc2ccc(N3C(=O)/C(=C/c4ccc(Oc5ccc(C(F)(F)F)cc5)cc4)SC3=S)cc2)CC1.Cl.Cl. The van der Waals surface area contributed by atoms with Gasteiger partial charge in [0.25, 0.3) is 5.91 Å². The maximum absolute atomic E-state index is 13.2. The second-order valence-electron chi connectivity index (χ2n) is 10.1. The number of thioether (sulfide) groups is 1. The summed E-state index contributed by atoms with van der Waals surface area (Å²) in [5.74, 6) is 1.28. The maximum atomic E-state index is 13.2. The lowest BCUT2D eigenvalue weighted by Gasteiger charge is -2.32. The number of carbonyl (C=O) groups is 1. The molecule has 0 unspecified atom stereocenters. The molecule has 236 valence electrons. The van der Waals surface area contributed by atoms with E-state index in [4.69, 9.17) is 21.7 Å². The van der Waals surface area contributed by atoms with Crippen LogP contribution in [0.15, 0.2) is 77.7 Å². The molecule has 2 saturated heterocycles. The van der Waals surface area contributed by atoms with E-state index in [1.807, 2.05) is 24.3 Å². The average molecular weight is 687 g/mol. The van der Waals surface area contributed by atoms with E-state index in [-0.39, 0.29) is 30.7 Å². The topological polar surface area (TPSA) is 45.2 Å². The molecule has 2 heterocycles. The number of anilines is 1.